The third-order valence-electron chi connectivity index (χ3n) is 1.55. The molecule has 0 atom stereocenters. The van der Waals surface area contributed by atoms with Gasteiger partial charge in [0.1, 0.15) is 5.69 Å². The van der Waals surface area contributed by atoms with Crippen molar-refractivity contribution in [2.24, 2.45) is 5.14 Å². The zero-order valence-corrected chi connectivity index (χ0v) is 7.88. The zero-order valence-electron chi connectivity index (χ0n) is 7.07. The van der Waals surface area contributed by atoms with Crippen LogP contribution in [0.1, 0.15) is 12.1 Å². The Morgan fingerprint density at radius 2 is 2.00 bits per heavy atom. The fraction of sp³-hybridized carbons (Fsp3) is 0.167. The molecule has 9 heteroatoms. The van der Waals surface area contributed by atoms with Gasteiger partial charge in [-0.05, 0) is 0 Å². The lowest BCUT2D eigenvalue weighted by Crippen LogP contribution is -2.24. The molecule has 0 saturated carbocycles. The van der Waals surface area contributed by atoms with Crippen LogP contribution in [0.15, 0.2) is 15.9 Å². The Kier molecular flexibility index (Phi) is 2.77. The highest BCUT2D eigenvalue weighted by molar-refractivity contribution is 7.89. The van der Waals surface area contributed by atoms with Gasteiger partial charge in [0.25, 0.3) is 6.43 Å². The molecule has 1 aromatic heterocycles. The molecule has 0 aliphatic carbocycles. The number of aromatic nitrogens is 1. The molecule has 0 spiro atoms. The van der Waals surface area contributed by atoms with Crippen molar-refractivity contribution in [1.29, 1.82) is 0 Å². The van der Waals surface area contributed by atoms with E-state index in [0.717, 1.165) is 0 Å². The zero-order chi connectivity index (χ0) is 11.8. The molecule has 0 aliphatic rings. The number of primary sulfonamides is 1. The van der Waals surface area contributed by atoms with Gasteiger partial charge in [-0.1, -0.05) is 0 Å². The van der Waals surface area contributed by atoms with Crippen LogP contribution in [0.3, 0.4) is 0 Å². The first-order chi connectivity index (χ1) is 6.75. The summed E-state index contributed by atoms with van der Waals surface area (Å²) in [6.07, 6.45) is -2.65. The molecular weight excluding hydrogens is 234 g/mol. The van der Waals surface area contributed by atoms with Crippen LogP contribution in [0.4, 0.5) is 8.78 Å². The summed E-state index contributed by atoms with van der Waals surface area (Å²) in [5, 5.41) is 13.4. The highest BCUT2D eigenvalue weighted by atomic mass is 32.2. The maximum atomic E-state index is 12.3. The monoisotopic (exact) mass is 240 g/mol. The predicted molar refractivity (Wildman–Crippen MR) is 45.1 cm³/mol. The molecule has 0 saturated heterocycles. The molecule has 1 rings (SSSR count). The number of aromatic amines is 1. The SMILES string of the molecule is NS(=O)(=O)c1c(C(F)F)[nH]cc(O)c1=O. The molecule has 4 N–H and O–H groups in total. The van der Waals surface area contributed by atoms with E-state index in [1.54, 1.807) is 4.98 Å². The summed E-state index contributed by atoms with van der Waals surface area (Å²) >= 11 is 0. The fourth-order valence-electron chi connectivity index (χ4n) is 0.960. The standard InChI is InChI=1S/C6H6F2N2O4S/c7-6(8)3-5(15(9,13)14)4(12)2(11)1-10-3/h1,6,11H,(H,10,12)(H2,9,13,14). The van der Waals surface area contributed by atoms with Crippen LogP contribution >= 0.6 is 0 Å². The maximum absolute atomic E-state index is 12.3. The van der Waals surface area contributed by atoms with E-state index in [9.17, 15) is 22.0 Å². The van der Waals surface area contributed by atoms with Crippen molar-refractivity contribution in [3.05, 3.63) is 22.1 Å². The van der Waals surface area contributed by atoms with Crippen LogP contribution in [0.25, 0.3) is 0 Å². The summed E-state index contributed by atoms with van der Waals surface area (Å²) in [6, 6.07) is 0. The molecule has 0 unspecified atom stereocenters. The predicted octanol–water partition coefficient (Wildman–Crippen LogP) is -0.334. The van der Waals surface area contributed by atoms with Crippen LogP contribution in [-0.2, 0) is 10.0 Å². The number of sulfonamides is 1. The largest absolute Gasteiger partial charge is 0.503 e. The number of H-pyrrole nitrogens is 1. The molecule has 0 aliphatic heterocycles. The molecule has 1 heterocycles. The van der Waals surface area contributed by atoms with Crippen molar-refractivity contribution < 1.29 is 22.3 Å². The van der Waals surface area contributed by atoms with Gasteiger partial charge < -0.3 is 10.1 Å². The van der Waals surface area contributed by atoms with Crippen molar-refractivity contribution in [3.8, 4) is 5.75 Å². The van der Waals surface area contributed by atoms with Crippen LogP contribution in [-0.4, -0.2) is 18.5 Å². The Morgan fingerprint density at radius 1 is 1.47 bits per heavy atom. The van der Waals surface area contributed by atoms with E-state index >= 15 is 0 Å². The first-order valence-corrected chi connectivity index (χ1v) is 5.05. The van der Waals surface area contributed by atoms with E-state index in [-0.39, 0.29) is 0 Å². The highest BCUT2D eigenvalue weighted by Gasteiger charge is 2.26. The Labute approximate surface area is 82.4 Å². The third kappa shape index (κ3) is 2.13. The molecule has 0 aromatic carbocycles. The number of nitrogens with one attached hydrogen (secondary N) is 1. The van der Waals surface area contributed by atoms with E-state index in [2.05, 4.69) is 5.14 Å². The lowest BCUT2D eigenvalue weighted by molar-refractivity contribution is 0.142. The lowest BCUT2D eigenvalue weighted by Gasteiger charge is -2.05. The molecule has 0 radical (unpaired) electrons. The van der Waals surface area contributed by atoms with Crippen molar-refractivity contribution in [3.63, 3.8) is 0 Å². The average Bonchev–Trinajstić information content (AvgIpc) is 2.06. The van der Waals surface area contributed by atoms with Gasteiger partial charge in [-0.3, -0.25) is 4.79 Å². The summed E-state index contributed by atoms with van der Waals surface area (Å²) in [5.74, 6) is -0.997. The summed E-state index contributed by atoms with van der Waals surface area (Å²) in [6.45, 7) is 0. The molecule has 15 heavy (non-hydrogen) atoms. The van der Waals surface area contributed by atoms with E-state index in [4.69, 9.17) is 5.11 Å². The molecule has 6 nitrogen and oxygen atoms in total. The van der Waals surface area contributed by atoms with Gasteiger partial charge in [0, 0.05) is 6.20 Å². The second-order valence-corrected chi connectivity index (χ2v) is 4.09. The molecular formula is C6H6F2N2O4S. The van der Waals surface area contributed by atoms with Gasteiger partial charge >= 0.3 is 0 Å². The van der Waals surface area contributed by atoms with Gasteiger partial charge in [0.2, 0.25) is 15.5 Å². The Balaban J connectivity index is 3.73. The number of hydrogen-bond donors (Lipinski definition) is 3. The van der Waals surface area contributed by atoms with Crippen molar-refractivity contribution in [2.75, 3.05) is 0 Å². The van der Waals surface area contributed by atoms with Crippen LogP contribution in [0.5, 0.6) is 5.75 Å². The summed E-state index contributed by atoms with van der Waals surface area (Å²) in [7, 11) is -4.62. The van der Waals surface area contributed by atoms with Crippen LogP contribution in [0, 0.1) is 0 Å². The summed E-state index contributed by atoms with van der Waals surface area (Å²) in [5.41, 5.74) is -2.59. The first kappa shape index (κ1) is 11.6. The van der Waals surface area contributed by atoms with Crippen LogP contribution in [0.2, 0.25) is 0 Å². The number of hydrogen-bond acceptors (Lipinski definition) is 4. The minimum atomic E-state index is -4.62. The van der Waals surface area contributed by atoms with Gasteiger partial charge in [0.15, 0.2) is 10.6 Å². The van der Waals surface area contributed by atoms with Gasteiger partial charge in [0.05, 0.1) is 0 Å². The maximum Gasteiger partial charge on any atom is 0.279 e. The van der Waals surface area contributed by atoms with Crippen molar-refractivity contribution in [1.82, 2.24) is 4.98 Å². The summed E-state index contributed by atoms with van der Waals surface area (Å²) in [4.78, 5) is 11.5. The smallest absolute Gasteiger partial charge is 0.279 e. The minimum Gasteiger partial charge on any atom is -0.503 e. The van der Waals surface area contributed by atoms with Gasteiger partial charge in [-0.2, -0.15) is 0 Å². The normalized spacial score (nSPS) is 12.0. The fourth-order valence-corrected chi connectivity index (χ4v) is 1.78. The quantitative estimate of drug-likeness (QED) is 0.656. The molecule has 0 fully saturated rings. The molecule has 1 aromatic rings. The second-order valence-electron chi connectivity index (χ2n) is 2.59. The van der Waals surface area contributed by atoms with E-state index < -0.39 is 38.2 Å². The topological polar surface area (TPSA) is 113 Å². The van der Waals surface area contributed by atoms with Crippen LogP contribution < -0.4 is 10.6 Å². The first-order valence-electron chi connectivity index (χ1n) is 3.50. The Bertz CT molecular complexity index is 537. The minimum absolute atomic E-state index is 0.568. The Morgan fingerprint density at radius 3 is 2.40 bits per heavy atom. The van der Waals surface area contributed by atoms with E-state index in [0.29, 0.717) is 6.20 Å². The molecule has 0 bridgehead atoms. The van der Waals surface area contributed by atoms with Gasteiger partial charge in [-0.15, -0.1) is 0 Å². The number of alkyl halides is 2. The second kappa shape index (κ2) is 3.59. The average molecular weight is 240 g/mol. The number of halogens is 2. The van der Waals surface area contributed by atoms with E-state index in [1.165, 1.54) is 0 Å². The molecule has 84 valence electrons. The molecule has 0 amide bonds. The number of nitrogens with two attached hydrogens (primary N) is 1. The Hall–Kier alpha value is -1.48. The number of pyridine rings is 1. The highest BCUT2D eigenvalue weighted by Crippen LogP contribution is 2.22. The number of aromatic hydroxyl groups is 1. The number of rotatable bonds is 2. The van der Waals surface area contributed by atoms with Gasteiger partial charge in [-0.25, -0.2) is 22.3 Å². The third-order valence-corrected chi connectivity index (χ3v) is 2.52. The van der Waals surface area contributed by atoms with Crippen molar-refractivity contribution in [2.45, 2.75) is 11.3 Å². The lowest BCUT2D eigenvalue weighted by atomic mass is 10.3. The van der Waals surface area contributed by atoms with E-state index in [1.807, 2.05) is 0 Å². The summed E-state index contributed by atoms with van der Waals surface area (Å²) < 4.78 is 46.3. The van der Waals surface area contributed by atoms with Crippen molar-refractivity contribution >= 4 is 10.0 Å².